The second-order valence-corrected chi connectivity index (χ2v) is 5.48. The summed E-state index contributed by atoms with van der Waals surface area (Å²) in [6.45, 7) is 2.25. The van der Waals surface area contributed by atoms with Crippen molar-refractivity contribution in [2.24, 2.45) is 0 Å². The number of carbonyl (C=O) groups is 1. The van der Waals surface area contributed by atoms with Crippen LogP contribution < -0.4 is 4.74 Å². The van der Waals surface area contributed by atoms with Crippen molar-refractivity contribution in [3.8, 4) is 5.75 Å². The predicted octanol–water partition coefficient (Wildman–Crippen LogP) is 3.76. The van der Waals surface area contributed by atoms with Gasteiger partial charge in [-0.1, -0.05) is 24.3 Å². The van der Waals surface area contributed by atoms with Gasteiger partial charge in [-0.05, 0) is 55.0 Å². The Hall–Kier alpha value is -2.29. The predicted molar refractivity (Wildman–Crippen MR) is 80.9 cm³/mol. The van der Waals surface area contributed by atoms with Crippen LogP contribution in [0.3, 0.4) is 0 Å². The van der Waals surface area contributed by atoms with Crippen molar-refractivity contribution >= 4 is 5.97 Å². The second kappa shape index (κ2) is 5.60. The maximum absolute atomic E-state index is 11.1. The van der Waals surface area contributed by atoms with Gasteiger partial charge in [-0.2, -0.15) is 0 Å². The van der Waals surface area contributed by atoms with Crippen LogP contribution in [0.2, 0.25) is 0 Å². The molecule has 3 heteroatoms. The van der Waals surface area contributed by atoms with E-state index in [9.17, 15) is 4.79 Å². The SMILES string of the molecule is Cc1c(OCc2ccc3c(c2)CCC3)cccc1C(=O)O. The van der Waals surface area contributed by atoms with E-state index in [0.717, 1.165) is 12.0 Å². The summed E-state index contributed by atoms with van der Waals surface area (Å²) in [6, 6.07) is 11.6. The molecule has 1 N–H and O–H groups in total. The summed E-state index contributed by atoms with van der Waals surface area (Å²) in [5.41, 5.74) is 4.97. The van der Waals surface area contributed by atoms with E-state index in [1.165, 1.54) is 24.0 Å². The number of hydrogen-bond donors (Lipinski definition) is 1. The molecule has 3 nitrogen and oxygen atoms in total. The smallest absolute Gasteiger partial charge is 0.336 e. The molecule has 0 saturated carbocycles. The summed E-state index contributed by atoms with van der Waals surface area (Å²) < 4.78 is 5.81. The summed E-state index contributed by atoms with van der Waals surface area (Å²) >= 11 is 0. The maximum Gasteiger partial charge on any atom is 0.336 e. The molecule has 21 heavy (non-hydrogen) atoms. The minimum absolute atomic E-state index is 0.293. The number of aromatic carboxylic acids is 1. The van der Waals surface area contributed by atoms with Crippen molar-refractivity contribution in [2.75, 3.05) is 0 Å². The number of carboxylic acids is 1. The molecule has 2 aromatic rings. The Labute approximate surface area is 124 Å². The molecule has 0 unspecified atom stereocenters. The fourth-order valence-electron chi connectivity index (χ4n) is 2.88. The molecule has 0 fully saturated rings. The van der Waals surface area contributed by atoms with Crippen LogP contribution in [0.25, 0.3) is 0 Å². The molecular formula is C18H18O3. The average molecular weight is 282 g/mol. The van der Waals surface area contributed by atoms with Crippen molar-refractivity contribution in [1.82, 2.24) is 0 Å². The molecule has 0 aromatic heterocycles. The van der Waals surface area contributed by atoms with E-state index in [-0.39, 0.29) is 0 Å². The lowest BCUT2D eigenvalue weighted by Gasteiger charge is -2.11. The van der Waals surface area contributed by atoms with Crippen molar-refractivity contribution in [3.63, 3.8) is 0 Å². The molecule has 108 valence electrons. The average Bonchev–Trinajstić information content (AvgIpc) is 2.93. The summed E-state index contributed by atoms with van der Waals surface area (Å²) in [5, 5.41) is 9.13. The van der Waals surface area contributed by atoms with Gasteiger partial charge < -0.3 is 9.84 Å². The zero-order valence-electron chi connectivity index (χ0n) is 12.1. The Balaban J connectivity index is 1.76. The van der Waals surface area contributed by atoms with Gasteiger partial charge in [0.25, 0.3) is 0 Å². The van der Waals surface area contributed by atoms with Crippen molar-refractivity contribution < 1.29 is 14.6 Å². The molecule has 0 bridgehead atoms. The Bertz CT molecular complexity index is 689. The minimum atomic E-state index is -0.921. The molecule has 0 saturated heterocycles. The van der Waals surface area contributed by atoms with Crippen molar-refractivity contribution in [2.45, 2.75) is 32.8 Å². The third-order valence-electron chi connectivity index (χ3n) is 4.07. The van der Waals surface area contributed by atoms with Crippen LogP contribution in [0.1, 0.15) is 39.0 Å². The maximum atomic E-state index is 11.1. The van der Waals surface area contributed by atoms with E-state index in [0.29, 0.717) is 23.5 Å². The number of rotatable bonds is 4. The van der Waals surface area contributed by atoms with Gasteiger partial charge in [0.1, 0.15) is 12.4 Å². The Morgan fingerprint density at radius 1 is 1.19 bits per heavy atom. The highest BCUT2D eigenvalue weighted by Gasteiger charge is 2.13. The van der Waals surface area contributed by atoms with Gasteiger partial charge in [-0.3, -0.25) is 0 Å². The van der Waals surface area contributed by atoms with Crippen LogP contribution in [-0.4, -0.2) is 11.1 Å². The fourth-order valence-corrected chi connectivity index (χ4v) is 2.88. The molecule has 0 spiro atoms. The highest BCUT2D eigenvalue weighted by Crippen LogP contribution is 2.25. The van der Waals surface area contributed by atoms with E-state index in [2.05, 4.69) is 18.2 Å². The topological polar surface area (TPSA) is 46.5 Å². The summed E-state index contributed by atoms with van der Waals surface area (Å²) in [4.78, 5) is 11.1. The summed E-state index contributed by atoms with van der Waals surface area (Å²) in [6.07, 6.45) is 3.56. The molecule has 2 aromatic carbocycles. The molecule has 3 rings (SSSR count). The van der Waals surface area contributed by atoms with Crippen LogP contribution in [0.5, 0.6) is 5.75 Å². The number of hydrogen-bond acceptors (Lipinski definition) is 2. The first kappa shape index (κ1) is 13.7. The van der Waals surface area contributed by atoms with Gasteiger partial charge in [0.15, 0.2) is 0 Å². The molecule has 0 atom stereocenters. The van der Waals surface area contributed by atoms with Gasteiger partial charge in [-0.15, -0.1) is 0 Å². The van der Waals surface area contributed by atoms with Gasteiger partial charge in [0.05, 0.1) is 5.56 Å². The highest BCUT2D eigenvalue weighted by atomic mass is 16.5. The van der Waals surface area contributed by atoms with E-state index in [1.54, 1.807) is 19.1 Å². The van der Waals surface area contributed by atoms with Crippen LogP contribution in [0, 0.1) is 6.92 Å². The van der Waals surface area contributed by atoms with Gasteiger partial charge >= 0.3 is 5.97 Å². The van der Waals surface area contributed by atoms with Gasteiger partial charge in [0, 0.05) is 5.56 Å². The van der Waals surface area contributed by atoms with Gasteiger partial charge in [0.2, 0.25) is 0 Å². The van der Waals surface area contributed by atoms with E-state index in [1.807, 2.05) is 6.07 Å². The number of aryl methyl sites for hydroxylation is 2. The van der Waals surface area contributed by atoms with E-state index < -0.39 is 5.97 Å². The lowest BCUT2D eigenvalue weighted by Crippen LogP contribution is -2.03. The summed E-state index contributed by atoms with van der Waals surface area (Å²) in [5.74, 6) is -0.286. The molecule has 1 aliphatic rings. The van der Waals surface area contributed by atoms with Crippen LogP contribution in [-0.2, 0) is 19.4 Å². The molecule has 0 radical (unpaired) electrons. The number of benzene rings is 2. The van der Waals surface area contributed by atoms with Crippen LogP contribution >= 0.6 is 0 Å². The zero-order valence-corrected chi connectivity index (χ0v) is 12.1. The van der Waals surface area contributed by atoms with Crippen LogP contribution in [0.15, 0.2) is 36.4 Å². The Morgan fingerprint density at radius 3 is 2.81 bits per heavy atom. The minimum Gasteiger partial charge on any atom is -0.489 e. The number of fused-ring (bicyclic) bond motifs is 1. The van der Waals surface area contributed by atoms with E-state index >= 15 is 0 Å². The highest BCUT2D eigenvalue weighted by molar-refractivity contribution is 5.90. The molecule has 0 amide bonds. The van der Waals surface area contributed by atoms with Crippen LogP contribution in [0.4, 0.5) is 0 Å². The van der Waals surface area contributed by atoms with Crippen molar-refractivity contribution in [1.29, 1.82) is 0 Å². The van der Waals surface area contributed by atoms with E-state index in [4.69, 9.17) is 9.84 Å². The Kier molecular flexibility index (Phi) is 3.65. The zero-order chi connectivity index (χ0) is 14.8. The lowest BCUT2D eigenvalue weighted by atomic mass is 10.1. The fraction of sp³-hybridized carbons (Fsp3) is 0.278. The first-order chi connectivity index (χ1) is 10.1. The number of ether oxygens (including phenoxy) is 1. The van der Waals surface area contributed by atoms with Crippen molar-refractivity contribution in [3.05, 3.63) is 64.2 Å². The normalized spacial score (nSPS) is 13.0. The lowest BCUT2D eigenvalue weighted by molar-refractivity contribution is 0.0695. The second-order valence-electron chi connectivity index (χ2n) is 5.48. The third kappa shape index (κ3) is 2.77. The first-order valence-corrected chi connectivity index (χ1v) is 7.21. The van der Waals surface area contributed by atoms with Gasteiger partial charge in [-0.25, -0.2) is 4.79 Å². The molecule has 1 aliphatic carbocycles. The third-order valence-corrected chi connectivity index (χ3v) is 4.07. The monoisotopic (exact) mass is 282 g/mol. The first-order valence-electron chi connectivity index (χ1n) is 7.21. The summed E-state index contributed by atoms with van der Waals surface area (Å²) in [7, 11) is 0. The molecule has 0 aliphatic heterocycles. The standard InChI is InChI=1S/C18H18O3/c1-12-16(18(19)20)6-3-7-17(12)21-11-13-8-9-14-4-2-5-15(14)10-13/h3,6-10H,2,4-5,11H2,1H3,(H,19,20). The largest absolute Gasteiger partial charge is 0.489 e. The number of carboxylic acid groups (broad SMARTS) is 1. The quantitative estimate of drug-likeness (QED) is 0.928. The molecule has 0 heterocycles. The Morgan fingerprint density at radius 2 is 2.00 bits per heavy atom. The molecular weight excluding hydrogens is 264 g/mol.